The zero-order valence-electron chi connectivity index (χ0n) is 13.8. The summed E-state index contributed by atoms with van der Waals surface area (Å²) >= 11 is 0. The lowest BCUT2D eigenvalue weighted by atomic mass is 9.87. The van der Waals surface area contributed by atoms with Crippen molar-refractivity contribution in [2.45, 2.75) is 59.7 Å². The van der Waals surface area contributed by atoms with E-state index >= 15 is 0 Å². The average Bonchev–Trinajstić information content (AvgIpc) is 2.55. The second-order valence-electron chi connectivity index (χ2n) is 7.12. The topological polar surface area (TPSA) is 61.5 Å². The standard InChI is InChI=1S/C16H29N3O2/c1-12-15(13(2)19(17-12)7-8-20)10-18-6-5-14(21)9-16(3,4)11-18/h14,20-21H,5-11H2,1-4H3. The van der Waals surface area contributed by atoms with Crippen LogP contribution < -0.4 is 0 Å². The van der Waals surface area contributed by atoms with Crippen LogP contribution in [0.25, 0.3) is 0 Å². The SMILES string of the molecule is Cc1nn(CCO)c(C)c1CN1CCC(O)CC(C)(C)C1. The highest BCUT2D eigenvalue weighted by atomic mass is 16.3. The van der Waals surface area contributed by atoms with E-state index in [-0.39, 0.29) is 18.1 Å². The Morgan fingerprint density at radius 3 is 2.71 bits per heavy atom. The highest BCUT2D eigenvalue weighted by Gasteiger charge is 2.29. The van der Waals surface area contributed by atoms with Gasteiger partial charge in [-0.05, 0) is 32.1 Å². The van der Waals surface area contributed by atoms with Gasteiger partial charge in [-0.3, -0.25) is 9.58 Å². The number of aryl methyl sites for hydroxylation is 1. The van der Waals surface area contributed by atoms with E-state index in [2.05, 4.69) is 30.8 Å². The van der Waals surface area contributed by atoms with E-state index in [0.29, 0.717) is 6.54 Å². The molecule has 1 aromatic rings. The van der Waals surface area contributed by atoms with Gasteiger partial charge in [0.1, 0.15) is 0 Å². The summed E-state index contributed by atoms with van der Waals surface area (Å²) < 4.78 is 1.89. The lowest BCUT2D eigenvalue weighted by Gasteiger charge is -2.29. The van der Waals surface area contributed by atoms with Gasteiger partial charge >= 0.3 is 0 Å². The molecule has 1 aliphatic rings. The molecule has 0 radical (unpaired) electrons. The number of rotatable bonds is 4. The van der Waals surface area contributed by atoms with E-state index in [0.717, 1.165) is 43.9 Å². The smallest absolute Gasteiger partial charge is 0.0644 e. The van der Waals surface area contributed by atoms with Crippen molar-refractivity contribution >= 4 is 0 Å². The molecule has 2 rings (SSSR count). The van der Waals surface area contributed by atoms with Gasteiger partial charge in [0.05, 0.1) is 24.9 Å². The number of aliphatic hydroxyl groups excluding tert-OH is 2. The Bertz CT molecular complexity index is 482. The molecule has 2 heterocycles. The second-order valence-corrected chi connectivity index (χ2v) is 7.12. The van der Waals surface area contributed by atoms with Gasteiger partial charge < -0.3 is 10.2 Å². The first kappa shape index (κ1) is 16.5. The molecule has 1 saturated heterocycles. The van der Waals surface area contributed by atoms with Crippen LogP contribution in [0.5, 0.6) is 0 Å². The Hall–Kier alpha value is -0.910. The van der Waals surface area contributed by atoms with Crippen molar-refractivity contribution < 1.29 is 10.2 Å². The molecule has 0 bridgehead atoms. The molecule has 1 unspecified atom stereocenters. The number of nitrogens with zero attached hydrogens (tertiary/aromatic N) is 3. The molecule has 21 heavy (non-hydrogen) atoms. The average molecular weight is 295 g/mol. The number of hydrogen-bond donors (Lipinski definition) is 2. The zero-order valence-corrected chi connectivity index (χ0v) is 13.8. The van der Waals surface area contributed by atoms with E-state index in [1.54, 1.807) is 0 Å². The number of aliphatic hydroxyl groups is 2. The Balaban J connectivity index is 2.14. The van der Waals surface area contributed by atoms with Gasteiger partial charge in [0.15, 0.2) is 0 Å². The third kappa shape index (κ3) is 4.05. The minimum Gasteiger partial charge on any atom is -0.394 e. The molecule has 0 spiro atoms. The number of hydrogen-bond acceptors (Lipinski definition) is 4. The summed E-state index contributed by atoms with van der Waals surface area (Å²) in [5, 5.41) is 23.6. The summed E-state index contributed by atoms with van der Waals surface area (Å²) in [6, 6.07) is 0. The van der Waals surface area contributed by atoms with Crippen molar-refractivity contribution in [3.8, 4) is 0 Å². The normalized spacial score (nSPS) is 23.2. The molecule has 5 heteroatoms. The summed E-state index contributed by atoms with van der Waals surface area (Å²) in [4.78, 5) is 2.43. The molecule has 1 aliphatic heterocycles. The van der Waals surface area contributed by atoms with Gasteiger partial charge in [-0.15, -0.1) is 0 Å². The summed E-state index contributed by atoms with van der Waals surface area (Å²) in [5.74, 6) is 0. The summed E-state index contributed by atoms with van der Waals surface area (Å²) in [6.45, 7) is 12.0. The molecular weight excluding hydrogens is 266 g/mol. The van der Waals surface area contributed by atoms with Gasteiger partial charge in [-0.25, -0.2) is 0 Å². The lowest BCUT2D eigenvalue weighted by Crippen LogP contribution is -2.32. The summed E-state index contributed by atoms with van der Waals surface area (Å²) in [6.07, 6.45) is 1.52. The second kappa shape index (κ2) is 6.46. The minimum atomic E-state index is -0.190. The van der Waals surface area contributed by atoms with Gasteiger partial charge in [0.25, 0.3) is 0 Å². The van der Waals surface area contributed by atoms with Crippen molar-refractivity contribution in [3.05, 3.63) is 17.0 Å². The van der Waals surface area contributed by atoms with Crippen LogP contribution in [0, 0.1) is 19.3 Å². The Morgan fingerprint density at radius 2 is 2.05 bits per heavy atom. The Labute approximate surface area is 127 Å². The molecule has 0 aromatic carbocycles. The maximum absolute atomic E-state index is 10.0. The zero-order chi connectivity index (χ0) is 15.6. The Kier molecular flexibility index (Phi) is 5.07. The minimum absolute atomic E-state index is 0.115. The van der Waals surface area contributed by atoms with Gasteiger partial charge in [-0.1, -0.05) is 13.8 Å². The third-order valence-corrected chi connectivity index (χ3v) is 4.44. The van der Waals surface area contributed by atoms with E-state index in [1.807, 2.05) is 11.6 Å². The largest absolute Gasteiger partial charge is 0.394 e. The maximum atomic E-state index is 10.0. The monoisotopic (exact) mass is 295 g/mol. The van der Waals surface area contributed by atoms with Crippen LogP contribution in [0.3, 0.4) is 0 Å². The van der Waals surface area contributed by atoms with Crippen LogP contribution in [0.15, 0.2) is 0 Å². The molecular formula is C16H29N3O2. The highest BCUT2D eigenvalue weighted by molar-refractivity contribution is 5.24. The van der Waals surface area contributed by atoms with E-state index in [4.69, 9.17) is 5.11 Å². The van der Waals surface area contributed by atoms with Crippen LogP contribution in [0.2, 0.25) is 0 Å². The van der Waals surface area contributed by atoms with Crippen LogP contribution in [-0.2, 0) is 13.1 Å². The van der Waals surface area contributed by atoms with Crippen LogP contribution >= 0.6 is 0 Å². The lowest BCUT2D eigenvalue weighted by molar-refractivity contribution is 0.121. The molecule has 0 amide bonds. The van der Waals surface area contributed by atoms with Gasteiger partial charge in [0, 0.05) is 30.9 Å². The fraction of sp³-hybridized carbons (Fsp3) is 0.812. The summed E-state index contributed by atoms with van der Waals surface area (Å²) in [5.41, 5.74) is 3.59. The first-order valence-electron chi connectivity index (χ1n) is 7.86. The summed E-state index contributed by atoms with van der Waals surface area (Å²) in [7, 11) is 0. The fourth-order valence-corrected chi connectivity index (χ4v) is 3.45. The Morgan fingerprint density at radius 1 is 1.33 bits per heavy atom. The van der Waals surface area contributed by atoms with Crippen molar-refractivity contribution in [1.82, 2.24) is 14.7 Å². The van der Waals surface area contributed by atoms with Crippen LogP contribution in [0.1, 0.15) is 43.6 Å². The van der Waals surface area contributed by atoms with E-state index in [1.165, 1.54) is 5.56 Å². The quantitative estimate of drug-likeness (QED) is 0.883. The fourth-order valence-electron chi connectivity index (χ4n) is 3.45. The molecule has 120 valence electrons. The van der Waals surface area contributed by atoms with Crippen molar-refractivity contribution in [3.63, 3.8) is 0 Å². The molecule has 1 fully saturated rings. The molecule has 0 saturated carbocycles. The van der Waals surface area contributed by atoms with Crippen molar-refractivity contribution in [1.29, 1.82) is 0 Å². The van der Waals surface area contributed by atoms with Crippen LogP contribution in [-0.4, -0.2) is 50.7 Å². The molecule has 1 atom stereocenters. The predicted molar refractivity (Wildman–Crippen MR) is 83.1 cm³/mol. The first-order valence-corrected chi connectivity index (χ1v) is 7.86. The van der Waals surface area contributed by atoms with E-state index < -0.39 is 0 Å². The van der Waals surface area contributed by atoms with E-state index in [9.17, 15) is 5.11 Å². The first-order chi connectivity index (χ1) is 9.82. The van der Waals surface area contributed by atoms with Crippen molar-refractivity contribution in [2.24, 2.45) is 5.41 Å². The highest BCUT2D eigenvalue weighted by Crippen LogP contribution is 2.29. The predicted octanol–water partition coefficient (Wildman–Crippen LogP) is 1.48. The molecule has 5 nitrogen and oxygen atoms in total. The van der Waals surface area contributed by atoms with Crippen molar-refractivity contribution in [2.75, 3.05) is 19.7 Å². The molecule has 0 aliphatic carbocycles. The number of likely N-dealkylation sites (tertiary alicyclic amines) is 1. The molecule has 2 N–H and O–H groups in total. The number of aromatic nitrogens is 2. The van der Waals surface area contributed by atoms with Crippen LogP contribution in [0.4, 0.5) is 0 Å². The molecule has 1 aromatic heterocycles. The van der Waals surface area contributed by atoms with Gasteiger partial charge in [0.2, 0.25) is 0 Å². The third-order valence-electron chi connectivity index (χ3n) is 4.44. The maximum Gasteiger partial charge on any atom is 0.0644 e. The van der Waals surface area contributed by atoms with Gasteiger partial charge in [-0.2, -0.15) is 5.10 Å².